The third-order valence-electron chi connectivity index (χ3n) is 3.41. The first kappa shape index (κ1) is 14.8. The maximum Gasteiger partial charge on any atom is 0.146 e. The summed E-state index contributed by atoms with van der Waals surface area (Å²) in [5, 5.41) is 1.09. The zero-order valence-electron chi connectivity index (χ0n) is 13.0. The van der Waals surface area contributed by atoms with Crippen LogP contribution in [-0.2, 0) is 0 Å². The van der Waals surface area contributed by atoms with Crippen LogP contribution >= 0.6 is 0 Å². The second kappa shape index (κ2) is 5.41. The predicted octanol–water partition coefficient (Wildman–Crippen LogP) is 3.68. The van der Waals surface area contributed by atoms with E-state index < -0.39 is 0 Å². The van der Waals surface area contributed by atoms with Crippen LogP contribution in [0.5, 0.6) is 5.75 Å². The Bertz CT molecular complexity index is 599. The van der Waals surface area contributed by atoms with Crippen molar-refractivity contribution in [3.63, 3.8) is 0 Å². The molecule has 3 heteroatoms. The molecule has 108 valence electrons. The summed E-state index contributed by atoms with van der Waals surface area (Å²) in [6, 6.07) is 10.1. The molecule has 1 aromatic carbocycles. The molecule has 2 unspecified atom stereocenters. The average Bonchev–Trinajstić information content (AvgIpc) is 2.34. The Morgan fingerprint density at radius 1 is 1.15 bits per heavy atom. The fourth-order valence-electron chi connectivity index (χ4n) is 2.52. The number of aromatic nitrogens is 1. The van der Waals surface area contributed by atoms with Gasteiger partial charge in [0, 0.05) is 22.5 Å². The molecule has 0 aliphatic carbocycles. The summed E-state index contributed by atoms with van der Waals surface area (Å²) in [5.74, 6) is 0.809. The van der Waals surface area contributed by atoms with E-state index in [9.17, 15) is 0 Å². The molecule has 0 bridgehead atoms. The van der Waals surface area contributed by atoms with Crippen LogP contribution in [0.25, 0.3) is 10.9 Å². The van der Waals surface area contributed by atoms with Crippen molar-refractivity contribution >= 4 is 10.9 Å². The minimum atomic E-state index is -0.0598. The Labute approximate surface area is 121 Å². The third-order valence-corrected chi connectivity index (χ3v) is 3.41. The third kappa shape index (κ3) is 3.10. The van der Waals surface area contributed by atoms with E-state index in [0.29, 0.717) is 0 Å². The lowest BCUT2D eigenvalue weighted by atomic mass is 9.85. The van der Waals surface area contributed by atoms with Crippen LogP contribution in [0.15, 0.2) is 30.3 Å². The summed E-state index contributed by atoms with van der Waals surface area (Å²) >= 11 is 0. The highest BCUT2D eigenvalue weighted by molar-refractivity contribution is 5.84. The normalized spacial score (nSPS) is 15.1. The van der Waals surface area contributed by atoms with E-state index in [0.717, 1.165) is 22.3 Å². The second-order valence-corrected chi connectivity index (χ2v) is 6.54. The van der Waals surface area contributed by atoms with Crippen LogP contribution in [0.3, 0.4) is 0 Å². The number of rotatable bonds is 3. The maximum absolute atomic E-state index is 6.22. The van der Waals surface area contributed by atoms with Crippen LogP contribution in [0.4, 0.5) is 0 Å². The first-order valence-electron chi connectivity index (χ1n) is 7.07. The van der Waals surface area contributed by atoms with Gasteiger partial charge >= 0.3 is 0 Å². The molecular formula is C17H24N2O. The minimum absolute atomic E-state index is 0.0276. The van der Waals surface area contributed by atoms with E-state index in [-0.39, 0.29) is 17.6 Å². The van der Waals surface area contributed by atoms with Gasteiger partial charge in [0.2, 0.25) is 0 Å². The zero-order chi connectivity index (χ0) is 14.9. The molecule has 1 aromatic heterocycles. The lowest BCUT2D eigenvalue weighted by Crippen LogP contribution is -2.45. The second-order valence-electron chi connectivity index (χ2n) is 6.54. The number of nitrogens with two attached hydrogens (primary N) is 1. The summed E-state index contributed by atoms with van der Waals surface area (Å²) < 4.78 is 6.22. The fraction of sp³-hybridized carbons (Fsp3) is 0.471. The molecule has 3 nitrogen and oxygen atoms in total. The Morgan fingerprint density at radius 2 is 1.85 bits per heavy atom. The predicted molar refractivity (Wildman–Crippen MR) is 84.0 cm³/mol. The van der Waals surface area contributed by atoms with E-state index >= 15 is 0 Å². The van der Waals surface area contributed by atoms with Gasteiger partial charge in [0.1, 0.15) is 17.4 Å². The summed E-state index contributed by atoms with van der Waals surface area (Å²) in [4.78, 5) is 4.60. The van der Waals surface area contributed by atoms with Gasteiger partial charge in [0.25, 0.3) is 0 Å². The number of pyridine rings is 1. The lowest BCUT2D eigenvalue weighted by molar-refractivity contribution is 0.0697. The molecular weight excluding hydrogens is 248 g/mol. The van der Waals surface area contributed by atoms with Crippen LogP contribution in [0.2, 0.25) is 0 Å². The number of hydrogen-bond acceptors (Lipinski definition) is 3. The van der Waals surface area contributed by atoms with Gasteiger partial charge in [0.05, 0.1) is 0 Å². The number of aryl methyl sites for hydroxylation is 1. The zero-order valence-corrected chi connectivity index (χ0v) is 13.0. The van der Waals surface area contributed by atoms with Gasteiger partial charge < -0.3 is 10.5 Å². The van der Waals surface area contributed by atoms with Crippen LogP contribution in [-0.4, -0.2) is 17.1 Å². The summed E-state index contributed by atoms with van der Waals surface area (Å²) in [6.45, 7) is 10.4. The van der Waals surface area contributed by atoms with E-state index in [4.69, 9.17) is 10.5 Å². The number of nitrogens with zero attached hydrogens (tertiary/aromatic N) is 1. The molecule has 1 heterocycles. The number of benzene rings is 1. The molecule has 0 spiro atoms. The van der Waals surface area contributed by atoms with Gasteiger partial charge in [-0.3, -0.25) is 0 Å². The standard InChI is InChI=1S/C17H24N2O/c1-11-9-10-13-7-6-8-14(15(13)19-11)20-16(12(2)18)17(3,4)5/h6-10,12,16H,18H2,1-5H3. The highest BCUT2D eigenvalue weighted by Crippen LogP contribution is 2.30. The van der Waals surface area contributed by atoms with Crippen molar-refractivity contribution < 1.29 is 4.74 Å². The molecule has 0 fully saturated rings. The highest BCUT2D eigenvalue weighted by atomic mass is 16.5. The quantitative estimate of drug-likeness (QED) is 0.927. The van der Waals surface area contributed by atoms with Crippen LogP contribution in [0.1, 0.15) is 33.4 Å². The molecule has 0 saturated heterocycles. The van der Waals surface area contributed by atoms with E-state index in [1.807, 2.05) is 38.1 Å². The summed E-state index contributed by atoms with van der Waals surface area (Å²) in [5.41, 5.74) is 7.96. The van der Waals surface area contributed by atoms with Crippen molar-refractivity contribution in [2.45, 2.75) is 46.8 Å². The van der Waals surface area contributed by atoms with Crippen molar-refractivity contribution in [2.75, 3.05) is 0 Å². The Kier molecular flexibility index (Phi) is 4.00. The van der Waals surface area contributed by atoms with Crippen molar-refractivity contribution in [3.8, 4) is 5.75 Å². The molecule has 0 amide bonds. The van der Waals surface area contributed by atoms with Gasteiger partial charge in [-0.05, 0) is 26.0 Å². The Balaban J connectivity index is 2.45. The van der Waals surface area contributed by atoms with Gasteiger partial charge in [0.15, 0.2) is 0 Å². The SMILES string of the molecule is Cc1ccc2cccc(OC(C(C)N)C(C)(C)C)c2n1. The number of ether oxygens (including phenoxy) is 1. The molecule has 0 saturated carbocycles. The molecule has 20 heavy (non-hydrogen) atoms. The molecule has 2 atom stereocenters. The topological polar surface area (TPSA) is 48.1 Å². The smallest absolute Gasteiger partial charge is 0.146 e. The Hall–Kier alpha value is -1.61. The van der Waals surface area contributed by atoms with Crippen molar-refractivity contribution in [2.24, 2.45) is 11.1 Å². The van der Waals surface area contributed by atoms with Crippen molar-refractivity contribution in [3.05, 3.63) is 36.0 Å². The summed E-state index contributed by atoms with van der Waals surface area (Å²) in [6.07, 6.45) is -0.0598. The Morgan fingerprint density at radius 3 is 2.45 bits per heavy atom. The van der Waals surface area contributed by atoms with Gasteiger partial charge in [-0.1, -0.05) is 39.0 Å². The number of hydrogen-bond donors (Lipinski definition) is 1. The van der Waals surface area contributed by atoms with E-state index in [1.54, 1.807) is 0 Å². The summed E-state index contributed by atoms with van der Waals surface area (Å²) in [7, 11) is 0. The average molecular weight is 272 g/mol. The molecule has 2 N–H and O–H groups in total. The molecule has 0 radical (unpaired) electrons. The van der Waals surface area contributed by atoms with Gasteiger partial charge in [-0.2, -0.15) is 0 Å². The van der Waals surface area contributed by atoms with Crippen LogP contribution < -0.4 is 10.5 Å². The largest absolute Gasteiger partial charge is 0.486 e. The molecule has 0 aliphatic heterocycles. The number of fused-ring (bicyclic) bond motifs is 1. The highest BCUT2D eigenvalue weighted by Gasteiger charge is 2.30. The monoisotopic (exact) mass is 272 g/mol. The first-order valence-corrected chi connectivity index (χ1v) is 7.07. The minimum Gasteiger partial charge on any atom is -0.486 e. The van der Waals surface area contributed by atoms with E-state index in [2.05, 4.69) is 31.8 Å². The van der Waals surface area contributed by atoms with Crippen molar-refractivity contribution in [1.29, 1.82) is 0 Å². The molecule has 2 rings (SSSR count). The van der Waals surface area contributed by atoms with Crippen LogP contribution in [0, 0.1) is 12.3 Å². The van der Waals surface area contributed by atoms with Gasteiger partial charge in [-0.15, -0.1) is 0 Å². The molecule has 0 aliphatic rings. The van der Waals surface area contributed by atoms with Gasteiger partial charge in [-0.25, -0.2) is 4.98 Å². The van der Waals surface area contributed by atoms with Crippen molar-refractivity contribution in [1.82, 2.24) is 4.98 Å². The lowest BCUT2D eigenvalue weighted by Gasteiger charge is -2.34. The van der Waals surface area contributed by atoms with E-state index in [1.165, 1.54) is 0 Å². The fourth-order valence-corrected chi connectivity index (χ4v) is 2.52. The maximum atomic E-state index is 6.22. The number of para-hydroxylation sites is 1. The first-order chi connectivity index (χ1) is 9.29. The molecule has 2 aromatic rings.